The van der Waals surface area contributed by atoms with Crippen molar-refractivity contribution in [3.63, 3.8) is 0 Å². The van der Waals surface area contributed by atoms with Crippen LogP contribution in [-0.2, 0) is 14.3 Å². The van der Waals surface area contributed by atoms with Crippen molar-refractivity contribution in [2.24, 2.45) is 0 Å². The quantitative estimate of drug-likeness (QED) is 0.473. The highest BCUT2D eigenvalue weighted by molar-refractivity contribution is 6.04. The van der Waals surface area contributed by atoms with Crippen LogP contribution in [0.1, 0.15) is 22.6 Å². The summed E-state index contributed by atoms with van der Waals surface area (Å²) in [5.74, 6) is -1.65. The number of benzene rings is 3. The summed E-state index contributed by atoms with van der Waals surface area (Å²) in [5.41, 5.74) is 6.04. The summed E-state index contributed by atoms with van der Waals surface area (Å²) in [7, 11) is 0. The number of rotatable bonds is 8. The second kappa shape index (κ2) is 10.7. The van der Waals surface area contributed by atoms with Crippen molar-refractivity contribution in [3.8, 4) is 11.1 Å². The molecule has 0 spiro atoms. The minimum absolute atomic E-state index is 0.0376. The molecule has 2 N–H and O–H groups in total. The molecular formula is C28H26N2O5. The number of aryl methyl sites for hydroxylation is 1. The van der Waals surface area contributed by atoms with E-state index in [0.717, 1.165) is 32.7 Å². The fourth-order valence-electron chi connectivity index (χ4n) is 4.20. The lowest BCUT2D eigenvalue weighted by Gasteiger charge is -2.19. The molecule has 178 valence electrons. The highest BCUT2D eigenvalue weighted by Crippen LogP contribution is 2.44. The molecule has 0 fully saturated rings. The molecule has 0 atom stereocenters. The molecule has 3 aromatic carbocycles. The number of aliphatic carboxylic acids is 1. The minimum atomic E-state index is -1.12. The first-order chi connectivity index (χ1) is 16.9. The van der Waals surface area contributed by atoms with Gasteiger partial charge >= 0.3 is 12.1 Å². The van der Waals surface area contributed by atoms with Crippen LogP contribution in [-0.4, -0.2) is 42.8 Å². The Bertz CT molecular complexity index is 1220. The van der Waals surface area contributed by atoms with Crippen LogP contribution < -0.4 is 10.2 Å². The standard InChI is InChI=1S/C28H26N2O5/c1-19-12-14-20(15-13-19)30(17-27(32)33)26(31)11-6-16-29-28(34)35-18-25-23-9-4-2-7-21(23)22-8-3-5-10-24(22)25/h2-15,25H,16-18H2,1H3,(H,29,34)(H,32,33)/b11-6+. The Hall–Kier alpha value is -4.39. The maximum atomic E-state index is 12.6. The number of alkyl carbamates (subject to hydrolysis) is 1. The van der Waals surface area contributed by atoms with Crippen molar-refractivity contribution in [2.75, 3.05) is 24.6 Å². The van der Waals surface area contributed by atoms with E-state index in [-0.39, 0.29) is 19.1 Å². The van der Waals surface area contributed by atoms with Gasteiger partial charge < -0.3 is 15.2 Å². The molecule has 1 aliphatic carbocycles. The molecular weight excluding hydrogens is 444 g/mol. The van der Waals surface area contributed by atoms with E-state index < -0.39 is 24.5 Å². The minimum Gasteiger partial charge on any atom is -0.480 e. The summed E-state index contributed by atoms with van der Waals surface area (Å²) in [5, 5.41) is 11.8. The van der Waals surface area contributed by atoms with E-state index in [1.165, 1.54) is 12.2 Å². The van der Waals surface area contributed by atoms with Crippen molar-refractivity contribution < 1.29 is 24.2 Å². The predicted molar refractivity (Wildman–Crippen MR) is 133 cm³/mol. The monoisotopic (exact) mass is 470 g/mol. The van der Waals surface area contributed by atoms with E-state index in [1.807, 2.05) is 43.3 Å². The Labute approximate surface area is 203 Å². The van der Waals surface area contributed by atoms with Gasteiger partial charge in [-0.05, 0) is 41.3 Å². The first kappa shape index (κ1) is 23.8. The average molecular weight is 471 g/mol. The number of fused-ring (bicyclic) bond motifs is 3. The molecule has 7 heteroatoms. The van der Waals surface area contributed by atoms with Crippen molar-refractivity contribution in [1.29, 1.82) is 0 Å². The zero-order chi connectivity index (χ0) is 24.8. The van der Waals surface area contributed by atoms with Gasteiger partial charge in [0, 0.05) is 24.2 Å². The zero-order valence-electron chi connectivity index (χ0n) is 19.3. The normalized spacial score (nSPS) is 12.1. The molecule has 2 amide bonds. The van der Waals surface area contributed by atoms with Crippen LogP contribution in [0.5, 0.6) is 0 Å². The van der Waals surface area contributed by atoms with Crippen LogP contribution >= 0.6 is 0 Å². The van der Waals surface area contributed by atoms with Crippen LogP contribution in [0.3, 0.4) is 0 Å². The zero-order valence-corrected chi connectivity index (χ0v) is 19.3. The molecule has 4 rings (SSSR count). The first-order valence-corrected chi connectivity index (χ1v) is 11.3. The van der Waals surface area contributed by atoms with Gasteiger partial charge in [-0.15, -0.1) is 0 Å². The summed E-state index contributed by atoms with van der Waals surface area (Å²) >= 11 is 0. The van der Waals surface area contributed by atoms with Gasteiger partial charge in [-0.2, -0.15) is 0 Å². The third-order valence-electron chi connectivity index (χ3n) is 5.87. The molecule has 0 aromatic heterocycles. The van der Waals surface area contributed by atoms with Gasteiger partial charge in [0.15, 0.2) is 0 Å². The Morgan fingerprint density at radius 1 is 0.943 bits per heavy atom. The number of carboxylic acids is 1. The van der Waals surface area contributed by atoms with Gasteiger partial charge in [0.2, 0.25) is 0 Å². The summed E-state index contributed by atoms with van der Waals surface area (Å²) in [6, 6.07) is 23.2. The number of carbonyl (C=O) groups is 3. The van der Waals surface area contributed by atoms with Gasteiger partial charge in [-0.25, -0.2) is 4.79 Å². The number of carboxylic acid groups (broad SMARTS) is 1. The van der Waals surface area contributed by atoms with Crippen molar-refractivity contribution in [3.05, 3.63) is 102 Å². The lowest BCUT2D eigenvalue weighted by molar-refractivity contribution is -0.136. The van der Waals surface area contributed by atoms with Crippen molar-refractivity contribution >= 4 is 23.7 Å². The fourth-order valence-corrected chi connectivity index (χ4v) is 4.20. The second-order valence-electron chi connectivity index (χ2n) is 8.26. The highest BCUT2D eigenvalue weighted by atomic mass is 16.5. The third kappa shape index (κ3) is 5.58. The molecule has 0 radical (unpaired) electrons. The predicted octanol–water partition coefficient (Wildman–Crippen LogP) is 4.51. The van der Waals surface area contributed by atoms with Gasteiger partial charge in [-0.1, -0.05) is 72.3 Å². The van der Waals surface area contributed by atoms with Gasteiger partial charge in [0.1, 0.15) is 13.2 Å². The SMILES string of the molecule is Cc1ccc(N(CC(=O)O)C(=O)/C=C/CNC(=O)OCC2c3ccccc3-c3ccccc32)cc1. The maximum Gasteiger partial charge on any atom is 0.407 e. The molecule has 0 unspecified atom stereocenters. The molecule has 0 saturated heterocycles. The largest absolute Gasteiger partial charge is 0.480 e. The number of nitrogens with one attached hydrogen (secondary N) is 1. The lowest BCUT2D eigenvalue weighted by Crippen LogP contribution is -2.34. The van der Waals surface area contributed by atoms with E-state index in [4.69, 9.17) is 4.74 Å². The molecule has 0 heterocycles. The lowest BCUT2D eigenvalue weighted by atomic mass is 9.98. The number of amides is 2. The Kier molecular flexibility index (Phi) is 7.26. The average Bonchev–Trinajstić information content (AvgIpc) is 3.18. The molecule has 0 bridgehead atoms. The summed E-state index contributed by atoms with van der Waals surface area (Å²) in [6.45, 7) is 1.70. The molecule has 35 heavy (non-hydrogen) atoms. The van der Waals surface area contributed by atoms with Gasteiger partial charge in [0.05, 0.1) is 0 Å². The van der Waals surface area contributed by atoms with E-state index >= 15 is 0 Å². The van der Waals surface area contributed by atoms with Crippen LogP contribution in [0.25, 0.3) is 11.1 Å². The topological polar surface area (TPSA) is 95.9 Å². The number of nitrogens with zero attached hydrogens (tertiary/aromatic N) is 1. The third-order valence-corrected chi connectivity index (χ3v) is 5.87. The Morgan fingerprint density at radius 3 is 2.14 bits per heavy atom. The molecule has 0 aliphatic heterocycles. The van der Waals surface area contributed by atoms with Crippen LogP contribution in [0.15, 0.2) is 84.9 Å². The summed E-state index contributed by atoms with van der Waals surface area (Å²) in [4.78, 5) is 37.2. The number of hydrogen-bond acceptors (Lipinski definition) is 4. The molecule has 0 saturated carbocycles. The number of carbonyl (C=O) groups excluding carboxylic acids is 2. The van der Waals surface area contributed by atoms with E-state index in [0.29, 0.717) is 5.69 Å². The summed E-state index contributed by atoms with van der Waals surface area (Å²) < 4.78 is 5.47. The summed E-state index contributed by atoms with van der Waals surface area (Å²) in [6.07, 6.45) is 2.11. The van der Waals surface area contributed by atoms with Crippen molar-refractivity contribution in [2.45, 2.75) is 12.8 Å². The first-order valence-electron chi connectivity index (χ1n) is 11.3. The highest BCUT2D eigenvalue weighted by Gasteiger charge is 2.28. The fraction of sp³-hybridized carbons (Fsp3) is 0.179. The van der Waals surface area contributed by atoms with Gasteiger partial charge in [0.25, 0.3) is 5.91 Å². The van der Waals surface area contributed by atoms with E-state index in [9.17, 15) is 19.5 Å². The molecule has 1 aliphatic rings. The number of hydrogen-bond donors (Lipinski definition) is 2. The maximum absolute atomic E-state index is 12.6. The van der Waals surface area contributed by atoms with Gasteiger partial charge in [-0.3, -0.25) is 14.5 Å². The Morgan fingerprint density at radius 2 is 1.54 bits per heavy atom. The van der Waals surface area contributed by atoms with Crippen LogP contribution in [0, 0.1) is 6.92 Å². The van der Waals surface area contributed by atoms with E-state index in [1.54, 1.807) is 24.3 Å². The van der Waals surface area contributed by atoms with Crippen LogP contribution in [0.2, 0.25) is 0 Å². The molecule has 3 aromatic rings. The van der Waals surface area contributed by atoms with Crippen LogP contribution in [0.4, 0.5) is 10.5 Å². The number of anilines is 1. The van der Waals surface area contributed by atoms with Crippen molar-refractivity contribution in [1.82, 2.24) is 5.32 Å². The van der Waals surface area contributed by atoms with E-state index in [2.05, 4.69) is 17.4 Å². The molecule has 7 nitrogen and oxygen atoms in total. The smallest absolute Gasteiger partial charge is 0.407 e. The second-order valence-corrected chi connectivity index (χ2v) is 8.26. The number of ether oxygens (including phenoxy) is 1. The Balaban J connectivity index is 1.31.